The molecule has 0 unspecified atom stereocenters. The molecule has 0 aliphatic carbocycles. The first-order valence-corrected chi connectivity index (χ1v) is 10.2. The Morgan fingerprint density at radius 1 is 1.24 bits per heavy atom. The lowest BCUT2D eigenvalue weighted by molar-refractivity contribution is -0.295. The molecule has 2 aliphatic rings. The fraction of sp³-hybridized carbons (Fsp3) is 0.458. The van der Waals surface area contributed by atoms with E-state index in [1.54, 1.807) is 25.8 Å². The molecule has 0 aromatic heterocycles. The molecule has 1 N–H and O–H groups in total. The Morgan fingerprint density at radius 2 is 1.97 bits per heavy atom. The monoisotopic (exact) mass is 395 g/mol. The van der Waals surface area contributed by atoms with E-state index in [-0.39, 0.29) is 6.04 Å². The van der Waals surface area contributed by atoms with E-state index in [9.17, 15) is 9.90 Å². The Bertz CT molecular complexity index is 905. The fourth-order valence-electron chi connectivity index (χ4n) is 4.38. The van der Waals surface area contributed by atoms with Crippen molar-refractivity contribution in [2.75, 3.05) is 6.54 Å². The van der Waals surface area contributed by atoms with Gasteiger partial charge in [-0.3, -0.25) is 4.84 Å². The molecule has 1 saturated heterocycles. The van der Waals surface area contributed by atoms with Crippen LogP contribution in [0.25, 0.3) is 0 Å². The van der Waals surface area contributed by atoms with Crippen molar-refractivity contribution in [3.05, 3.63) is 70.8 Å². The highest BCUT2D eigenvalue weighted by Gasteiger charge is 2.61. The number of fused-ring (bicyclic) bond motifs is 3. The first-order chi connectivity index (χ1) is 13.7. The quantitative estimate of drug-likeness (QED) is 0.803. The first kappa shape index (κ1) is 20.1. The van der Waals surface area contributed by atoms with Crippen molar-refractivity contribution in [3.63, 3.8) is 0 Å². The highest BCUT2D eigenvalue weighted by molar-refractivity contribution is 5.79. The van der Waals surface area contributed by atoms with E-state index in [0.717, 1.165) is 23.1 Å². The maximum Gasteiger partial charge on any atom is 0.369 e. The van der Waals surface area contributed by atoms with Crippen LogP contribution in [0.3, 0.4) is 0 Å². The van der Waals surface area contributed by atoms with Crippen molar-refractivity contribution in [2.45, 2.75) is 58.0 Å². The minimum Gasteiger partial charge on any atom is -0.456 e. The Labute approximate surface area is 172 Å². The first-order valence-electron chi connectivity index (χ1n) is 10.2. The van der Waals surface area contributed by atoms with Gasteiger partial charge in [-0.05, 0) is 57.2 Å². The maximum atomic E-state index is 13.1. The minimum absolute atomic E-state index is 0.212. The number of hydrogen-bond acceptors (Lipinski definition) is 5. The number of esters is 1. The Balaban J connectivity index is 1.77. The molecule has 2 heterocycles. The molecule has 2 aliphatic heterocycles. The van der Waals surface area contributed by atoms with Gasteiger partial charge in [0, 0.05) is 6.54 Å². The molecule has 0 radical (unpaired) electrons. The largest absolute Gasteiger partial charge is 0.456 e. The summed E-state index contributed by atoms with van der Waals surface area (Å²) in [5.74, 6) is -3.24. The Hall–Kier alpha value is -2.21. The van der Waals surface area contributed by atoms with Crippen molar-refractivity contribution in [3.8, 4) is 0 Å². The molecule has 0 spiro atoms. The van der Waals surface area contributed by atoms with Crippen molar-refractivity contribution in [1.29, 1.82) is 0 Å². The summed E-state index contributed by atoms with van der Waals surface area (Å²) in [4.78, 5) is 19.0. The average molecular weight is 395 g/mol. The van der Waals surface area contributed by atoms with Gasteiger partial charge >= 0.3 is 5.97 Å². The number of hydroxylamine groups is 2. The number of benzene rings is 2. The van der Waals surface area contributed by atoms with Gasteiger partial charge in [0.1, 0.15) is 5.60 Å². The molecule has 1 fully saturated rings. The summed E-state index contributed by atoms with van der Waals surface area (Å²) in [5, 5.41) is 13.3. The van der Waals surface area contributed by atoms with Crippen LogP contribution in [-0.2, 0) is 27.2 Å². The van der Waals surface area contributed by atoms with Crippen LogP contribution in [0.15, 0.2) is 48.5 Å². The van der Waals surface area contributed by atoms with Crippen LogP contribution in [0.1, 0.15) is 49.1 Å². The molecule has 2 aromatic carbocycles. The second kappa shape index (κ2) is 7.24. The summed E-state index contributed by atoms with van der Waals surface area (Å²) in [6.07, 6.45) is 1.32. The van der Waals surface area contributed by atoms with Gasteiger partial charge in [0.15, 0.2) is 0 Å². The van der Waals surface area contributed by atoms with E-state index in [1.165, 1.54) is 5.56 Å². The summed E-state index contributed by atoms with van der Waals surface area (Å²) in [6.45, 7) is 8.06. The smallest absolute Gasteiger partial charge is 0.369 e. The lowest BCUT2D eigenvalue weighted by Crippen LogP contribution is -2.49. The van der Waals surface area contributed by atoms with Crippen LogP contribution in [0.5, 0.6) is 0 Å². The van der Waals surface area contributed by atoms with Crippen molar-refractivity contribution >= 4 is 5.97 Å². The highest BCUT2D eigenvalue weighted by atomic mass is 16.8. The van der Waals surface area contributed by atoms with Crippen LogP contribution in [0.2, 0.25) is 0 Å². The van der Waals surface area contributed by atoms with Gasteiger partial charge in [0.05, 0.1) is 12.0 Å². The number of carbonyl (C=O) groups excluding carboxylic acids is 1. The fourth-order valence-corrected chi connectivity index (χ4v) is 4.38. The second-order valence-corrected chi connectivity index (χ2v) is 9.12. The maximum absolute atomic E-state index is 13.1. The number of carbonyl (C=O) groups is 1. The van der Waals surface area contributed by atoms with Gasteiger partial charge < -0.3 is 9.84 Å². The molecule has 0 amide bonds. The third-order valence-corrected chi connectivity index (χ3v) is 5.66. The Kier molecular flexibility index (Phi) is 5.01. The second-order valence-electron chi connectivity index (χ2n) is 9.12. The van der Waals surface area contributed by atoms with Gasteiger partial charge in [-0.1, -0.05) is 54.1 Å². The van der Waals surface area contributed by atoms with Gasteiger partial charge in [-0.25, -0.2) is 4.79 Å². The predicted molar refractivity (Wildman–Crippen MR) is 110 cm³/mol. The van der Waals surface area contributed by atoms with Gasteiger partial charge in [-0.15, -0.1) is 0 Å². The van der Waals surface area contributed by atoms with Crippen LogP contribution in [-0.4, -0.2) is 34.1 Å². The van der Waals surface area contributed by atoms with Crippen molar-refractivity contribution in [2.24, 2.45) is 5.92 Å². The van der Waals surface area contributed by atoms with E-state index >= 15 is 0 Å². The number of hydrogen-bond donors (Lipinski definition) is 1. The molecule has 5 heteroatoms. The number of nitrogens with zero attached hydrogens (tertiary/aromatic N) is 1. The predicted octanol–water partition coefficient (Wildman–Crippen LogP) is 3.73. The zero-order valence-electron chi connectivity index (χ0n) is 17.5. The van der Waals surface area contributed by atoms with Crippen molar-refractivity contribution in [1.82, 2.24) is 5.06 Å². The summed E-state index contributed by atoms with van der Waals surface area (Å²) >= 11 is 0. The topological polar surface area (TPSA) is 59.0 Å². The van der Waals surface area contributed by atoms with E-state index < -0.39 is 23.3 Å². The molecular formula is C24H29NO4. The molecule has 154 valence electrons. The number of rotatable bonds is 3. The number of ether oxygens (including phenoxy) is 1. The van der Waals surface area contributed by atoms with Crippen LogP contribution in [0.4, 0.5) is 0 Å². The summed E-state index contributed by atoms with van der Waals surface area (Å²) in [5.41, 5.74) is 3.84. The molecule has 0 saturated carbocycles. The van der Waals surface area contributed by atoms with Gasteiger partial charge in [0.2, 0.25) is 0 Å². The standard InChI is InChI=1S/C24H29NO4/c1-16-10-11-18-12-13-25-21(19(18)14-16)20(15-17-8-6-5-7-9-17)24(27,29-25)22(26)28-23(2,3)4/h5-11,14,20-21,27H,12-13,15H2,1-4H3/t20-,21-,24-/m1/s1. The van der Waals surface area contributed by atoms with E-state index in [4.69, 9.17) is 9.57 Å². The molecular weight excluding hydrogens is 366 g/mol. The average Bonchev–Trinajstić information content (AvgIpc) is 2.95. The normalized spacial score (nSPS) is 26.7. The highest BCUT2D eigenvalue weighted by Crippen LogP contribution is 2.49. The molecule has 3 atom stereocenters. The molecule has 0 bridgehead atoms. The number of aryl methyl sites for hydroxylation is 1. The molecule has 5 nitrogen and oxygen atoms in total. The minimum atomic E-state index is -2.03. The van der Waals surface area contributed by atoms with E-state index in [2.05, 4.69) is 25.1 Å². The van der Waals surface area contributed by atoms with E-state index in [1.807, 2.05) is 30.3 Å². The lowest BCUT2D eigenvalue weighted by Gasteiger charge is -2.32. The molecule has 2 aromatic rings. The van der Waals surface area contributed by atoms with Crippen LogP contribution >= 0.6 is 0 Å². The zero-order chi connectivity index (χ0) is 20.8. The third kappa shape index (κ3) is 3.82. The van der Waals surface area contributed by atoms with Crippen LogP contribution < -0.4 is 0 Å². The lowest BCUT2D eigenvalue weighted by atomic mass is 9.79. The van der Waals surface area contributed by atoms with Crippen LogP contribution in [0, 0.1) is 12.8 Å². The zero-order valence-corrected chi connectivity index (χ0v) is 17.5. The van der Waals surface area contributed by atoms with Crippen molar-refractivity contribution < 1.29 is 19.5 Å². The van der Waals surface area contributed by atoms with E-state index in [0.29, 0.717) is 13.0 Å². The Morgan fingerprint density at radius 3 is 2.66 bits per heavy atom. The number of aliphatic hydroxyl groups is 1. The molecule has 4 rings (SSSR count). The third-order valence-electron chi connectivity index (χ3n) is 5.66. The summed E-state index contributed by atoms with van der Waals surface area (Å²) in [7, 11) is 0. The van der Waals surface area contributed by atoms with Gasteiger partial charge in [0.25, 0.3) is 5.79 Å². The SMILES string of the molecule is Cc1ccc2c(c1)[C@@H]1[C@@H](Cc3ccccc3)[C@](O)(C(=O)OC(C)(C)C)ON1CC2. The van der Waals surface area contributed by atoms with Gasteiger partial charge in [-0.2, -0.15) is 5.06 Å². The summed E-state index contributed by atoms with van der Waals surface area (Å²) < 4.78 is 5.57. The molecule has 29 heavy (non-hydrogen) atoms. The summed E-state index contributed by atoms with van der Waals surface area (Å²) in [6, 6.07) is 16.1.